The van der Waals surface area contributed by atoms with Crippen LogP contribution in [0.2, 0.25) is 0 Å². The van der Waals surface area contributed by atoms with Crippen molar-refractivity contribution in [3.63, 3.8) is 0 Å². The van der Waals surface area contributed by atoms with E-state index >= 15 is 0 Å². The number of carbonyl (C=O) groups excluding carboxylic acids is 1. The van der Waals surface area contributed by atoms with Crippen molar-refractivity contribution in [2.24, 2.45) is 0 Å². The van der Waals surface area contributed by atoms with Gasteiger partial charge in [0.2, 0.25) is 0 Å². The highest BCUT2D eigenvalue weighted by Gasteiger charge is 1.91. The summed E-state index contributed by atoms with van der Waals surface area (Å²) in [6.45, 7) is 1.19. The van der Waals surface area contributed by atoms with Crippen molar-refractivity contribution < 1.29 is 4.79 Å². The Bertz CT molecular complexity index is 102. The lowest BCUT2D eigenvalue weighted by Gasteiger charge is -2.08. The molecule has 0 saturated carbocycles. The summed E-state index contributed by atoms with van der Waals surface area (Å²) in [6, 6.07) is 0. The van der Waals surface area contributed by atoms with E-state index in [2.05, 4.69) is 19.0 Å². The predicted molar refractivity (Wildman–Crippen MR) is 52.3 cm³/mol. The largest absolute Gasteiger partial charge is 0.309 e. The Hall–Kier alpha value is -0.370. The van der Waals surface area contributed by atoms with Crippen LogP contribution >= 0.6 is 0 Å². The van der Waals surface area contributed by atoms with Gasteiger partial charge in [-0.05, 0) is 33.5 Å². The standard InChI is InChI=1S/C10H21NO/c1-11(2)9-7-5-3-4-6-8-10-12/h10H,3-9H2,1-2H3. The summed E-state index contributed by atoms with van der Waals surface area (Å²) in [5.41, 5.74) is 0. The number of unbranched alkanes of at least 4 members (excludes halogenated alkanes) is 5. The maximum absolute atomic E-state index is 9.98. The average molecular weight is 171 g/mol. The molecule has 0 aromatic rings. The minimum absolute atomic E-state index is 0.744. The highest BCUT2D eigenvalue weighted by Crippen LogP contribution is 2.04. The van der Waals surface area contributed by atoms with Crippen molar-refractivity contribution in [3.05, 3.63) is 0 Å². The Kier molecular flexibility index (Phi) is 8.46. The zero-order chi connectivity index (χ0) is 9.23. The first-order chi connectivity index (χ1) is 5.77. The lowest BCUT2D eigenvalue weighted by molar-refractivity contribution is -0.107. The highest BCUT2D eigenvalue weighted by atomic mass is 16.1. The van der Waals surface area contributed by atoms with Gasteiger partial charge in [0.1, 0.15) is 6.29 Å². The second-order valence-corrected chi connectivity index (χ2v) is 3.53. The van der Waals surface area contributed by atoms with Gasteiger partial charge in [0.05, 0.1) is 0 Å². The van der Waals surface area contributed by atoms with E-state index in [1.807, 2.05) is 0 Å². The Morgan fingerprint density at radius 3 is 2.17 bits per heavy atom. The average Bonchev–Trinajstić information content (AvgIpc) is 2.02. The van der Waals surface area contributed by atoms with Gasteiger partial charge in [0.15, 0.2) is 0 Å². The molecule has 2 heteroatoms. The van der Waals surface area contributed by atoms with E-state index in [-0.39, 0.29) is 0 Å². The molecule has 0 amide bonds. The molecule has 0 N–H and O–H groups in total. The van der Waals surface area contributed by atoms with Crippen LogP contribution in [-0.4, -0.2) is 31.8 Å². The fourth-order valence-electron chi connectivity index (χ4n) is 1.19. The minimum Gasteiger partial charge on any atom is -0.309 e. The van der Waals surface area contributed by atoms with Crippen LogP contribution in [0.15, 0.2) is 0 Å². The third-order valence-electron chi connectivity index (χ3n) is 1.93. The molecule has 0 aromatic carbocycles. The minimum atomic E-state index is 0.744. The van der Waals surface area contributed by atoms with Gasteiger partial charge >= 0.3 is 0 Å². The van der Waals surface area contributed by atoms with Gasteiger partial charge in [0.25, 0.3) is 0 Å². The number of aldehydes is 1. The van der Waals surface area contributed by atoms with Gasteiger partial charge in [-0.2, -0.15) is 0 Å². The topological polar surface area (TPSA) is 20.3 Å². The summed E-state index contributed by atoms with van der Waals surface area (Å²) >= 11 is 0. The van der Waals surface area contributed by atoms with E-state index in [9.17, 15) is 4.79 Å². The van der Waals surface area contributed by atoms with Crippen molar-refractivity contribution in [2.75, 3.05) is 20.6 Å². The van der Waals surface area contributed by atoms with Crippen LogP contribution in [0.5, 0.6) is 0 Å². The number of carbonyl (C=O) groups is 1. The third kappa shape index (κ3) is 9.63. The summed E-state index contributed by atoms with van der Waals surface area (Å²) in [7, 11) is 4.21. The van der Waals surface area contributed by atoms with E-state index in [1.54, 1.807) is 0 Å². The van der Waals surface area contributed by atoms with Crippen LogP contribution in [0.1, 0.15) is 38.5 Å². The maximum atomic E-state index is 9.98. The van der Waals surface area contributed by atoms with Gasteiger partial charge in [-0.15, -0.1) is 0 Å². The molecule has 0 atom stereocenters. The van der Waals surface area contributed by atoms with Crippen molar-refractivity contribution in [1.82, 2.24) is 4.90 Å². The molecule has 0 unspecified atom stereocenters. The fraction of sp³-hybridized carbons (Fsp3) is 0.900. The van der Waals surface area contributed by atoms with Crippen LogP contribution in [0.25, 0.3) is 0 Å². The normalized spacial score (nSPS) is 10.6. The summed E-state index contributed by atoms with van der Waals surface area (Å²) in [5.74, 6) is 0. The van der Waals surface area contributed by atoms with E-state index in [0.717, 1.165) is 19.1 Å². The molecule has 0 aliphatic heterocycles. The first kappa shape index (κ1) is 11.6. The molecule has 0 spiro atoms. The monoisotopic (exact) mass is 171 g/mol. The number of nitrogens with zero attached hydrogens (tertiary/aromatic N) is 1. The first-order valence-electron chi connectivity index (χ1n) is 4.85. The molecular weight excluding hydrogens is 150 g/mol. The smallest absolute Gasteiger partial charge is 0.119 e. The van der Waals surface area contributed by atoms with Crippen molar-refractivity contribution in [2.45, 2.75) is 38.5 Å². The molecule has 0 aliphatic carbocycles. The van der Waals surface area contributed by atoms with Crippen LogP contribution in [0, 0.1) is 0 Å². The van der Waals surface area contributed by atoms with Crippen LogP contribution in [0.3, 0.4) is 0 Å². The number of hydrogen-bond donors (Lipinski definition) is 0. The van der Waals surface area contributed by atoms with E-state index < -0.39 is 0 Å². The second kappa shape index (κ2) is 8.72. The first-order valence-corrected chi connectivity index (χ1v) is 4.85. The van der Waals surface area contributed by atoms with Crippen molar-refractivity contribution >= 4 is 6.29 Å². The van der Waals surface area contributed by atoms with Gasteiger partial charge in [-0.1, -0.05) is 19.3 Å². The van der Waals surface area contributed by atoms with Crippen molar-refractivity contribution in [3.8, 4) is 0 Å². The van der Waals surface area contributed by atoms with Crippen LogP contribution in [0.4, 0.5) is 0 Å². The molecule has 0 bridgehead atoms. The van der Waals surface area contributed by atoms with E-state index in [1.165, 1.54) is 32.2 Å². The highest BCUT2D eigenvalue weighted by molar-refractivity contribution is 5.48. The Labute approximate surface area is 75.9 Å². The Morgan fingerprint density at radius 1 is 1.00 bits per heavy atom. The van der Waals surface area contributed by atoms with Gasteiger partial charge in [0, 0.05) is 6.42 Å². The van der Waals surface area contributed by atoms with Crippen molar-refractivity contribution in [1.29, 1.82) is 0 Å². The summed E-state index contributed by atoms with van der Waals surface area (Å²) < 4.78 is 0. The molecule has 0 saturated heterocycles. The number of hydrogen-bond acceptors (Lipinski definition) is 2. The molecular formula is C10H21NO. The zero-order valence-electron chi connectivity index (χ0n) is 8.38. The van der Waals surface area contributed by atoms with E-state index in [0.29, 0.717) is 0 Å². The molecule has 2 nitrogen and oxygen atoms in total. The maximum Gasteiger partial charge on any atom is 0.119 e. The van der Waals surface area contributed by atoms with Crippen LogP contribution in [-0.2, 0) is 4.79 Å². The van der Waals surface area contributed by atoms with E-state index in [4.69, 9.17) is 0 Å². The zero-order valence-corrected chi connectivity index (χ0v) is 8.38. The quantitative estimate of drug-likeness (QED) is 0.412. The summed E-state index contributed by atoms with van der Waals surface area (Å²) in [5, 5.41) is 0. The van der Waals surface area contributed by atoms with Gasteiger partial charge in [-0.25, -0.2) is 0 Å². The number of rotatable bonds is 8. The lowest BCUT2D eigenvalue weighted by Crippen LogP contribution is -2.12. The molecule has 0 fully saturated rings. The lowest BCUT2D eigenvalue weighted by atomic mass is 10.1. The SMILES string of the molecule is CN(C)CCCCCCCC=O. The summed E-state index contributed by atoms with van der Waals surface area (Å²) in [4.78, 5) is 12.2. The molecule has 0 heterocycles. The van der Waals surface area contributed by atoms with Crippen LogP contribution < -0.4 is 0 Å². The Balaban J connectivity index is 2.86. The summed E-state index contributed by atoms with van der Waals surface area (Å²) in [6.07, 6.45) is 7.91. The Morgan fingerprint density at radius 2 is 1.58 bits per heavy atom. The molecule has 0 aromatic heterocycles. The molecule has 0 aliphatic rings. The molecule has 72 valence electrons. The second-order valence-electron chi connectivity index (χ2n) is 3.53. The molecule has 12 heavy (non-hydrogen) atoms. The molecule has 0 radical (unpaired) electrons. The molecule has 0 rings (SSSR count). The fourth-order valence-corrected chi connectivity index (χ4v) is 1.19. The van der Waals surface area contributed by atoms with Gasteiger partial charge < -0.3 is 9.69 Å². The third-order valence-corrected chi connectivity index (χ3v) is 1.93. The predicted octanol–water partition coefficient (Wildman–Crippen LogP) is 2.09. The van der Waals surface area contributed by atoms with Gasteiger partial charge in [-0.3, -0.25) is 0 Å².